The Kier molecular flexibility index (Phi) is 4.89. The van der Waals surface area contributed by atoms with E-state index >= 15 is 0 Å². The lowest BCUT2D eigenvalue weighted by atomic mass is 9.91. The number of aromatic nitrogens is 3. The van der Waals surface area contributed by atoms with E-state index in [1.807, 2.05) is 0 Å². The molecule has 2 heterocycles. The molecule has 0 saturated heterocycles. The molecule has 0 amide bonds. The Bertz CT molecular complexity index is 1040. The second kappa shape index (κ2) is 7.14. The minimum Gasteiger partial charge on any atom is -0.465 e. The third-order valence-electron chi connectivity index (χ3n) is 4.05. The predicted octanol–water partition coefficient (Wildman–Crippen LogP) is 3.25. The van der Waals surface area contributed by atoms with Gasteiger partial charge in [-0.05, 0) is 44.1 Å². The highest BCUT2D eigenvalue weighted by Crippen LogP contribution is 2.35. The van der Waals surface area contributed by atoms with Crippen molar-refractivity contribution in [3.8, 4) is 11.1 Å². The van der Waals surface area contributed by atoms with E-state index in [1.165, 1.54) is 7.11 Å². The van der Waals surface area contributed by atoms with E-state index < -0.39 is 11.9 Å². The van der Waals surface area contributed by atoms with Crippen LogP contribution in [0.1, 0.15) is 46.0 Å². The van der Waals surface area contributed by atoms with Crippen molar-refractivity contribution in [2.75, 3.05) is 7.11 Å². The SMILES string of the molecule is COC(=O)c1c(C)nc(C)c(C(=O)OC(C)C)c1-c1cccc2nonc12. The Balaban J connectivity index is 2.43. The standard InChI is InChI=1S/C19H19N3O5/c1-9(2)26-19(24)15-11(4)20-10(3)14(18(23)25-5)16(15)12-7-6-8-13-17(12)22-27-21-13/h6-9H,1-5H3. The van der Waals surface area contributed by atoms with Crippen LogP contribution in [0.4, 0.5) is 0 Å². The molecule has 0 bridgehead atoms. The van der Waals surface area contributed by atoms with Gasteiger partial charge in [-0.3, -0.25) is 4.98 Å². The second-order valence-corrected chi connectivity index (χ2v) is 6.29. The van der Waals surface area contributed by atoms with Crippen molar-refractivity contribution < 1.29 is 23.7 Å². The minimum absolute atomic E-state index is 0.175. The summed E-state index contributed by atoms with van der Waals surface area (Å²) in [6, 6.07) is 5.20. The molecule has 8 nitrogen and oxygen atoms in total. The highest BCUT2D eigenvalue weighted by molar-refractivity contribution is 6.10. The number of methoxy groups -OCH3 is 1. The first-order chi connectivity index (χ1) is 12.8. The molecule has 8 heteroatoms. The van der Waals surface area contributed by atoms with Gasteiger partial charge in [0.2, 0.25) is 0 Å². The number of carbonyl (C=O) groups is 2. The van der Waals surface area contributed by atoms with Gasteiger partial charge < -0.3 is 9.47 Å². The van der Waals surface area contributed by atoms with Crippen molar-refractivity contribution in [3.63, 3.8) is 0 Å². The lowest BCUT2D eigenvalue weighted by molar-refractivity contribution is 0.0377. The number of benzene rings is 1. The van der Waals surface area contributed by atoms with Gasteiger partial charge in [-0.25, -0.2) is 14.2 Å². The van der Waals surface area contributed by atoms with Crippen LogP contribution in [0.2, 0.25) is 0 Å². The Morgan fingerprint density at radius 2 is 1.70 bits per heavy atom. The monoisotopic (exact) mass is 369 g/mol. The summed E-state index contributed by atoms with van der Waals surface area (Å²) in [7, 11) is 1.27. The topological polar surface area (TPSA) is 104 Å². The fraction of sp³-hybridized carbons (Fsp3) is 0.316. The zero-order valence-corrected chi connectivity index (χ0v) is 15.7. The average molecular weight is 369 g/mol. The van der Waals surface area contributed by atoms with Crippen molar-refractivity contribution in [3.05, 3.63) is 40.7 Å². The van der Waals surface area contributed by atoms with Crippen LogP contribution in [-0.4, -0.2) is 40.4 Å². The van der Waals surface area contributed by atoms with E-state index in [1.54, 1.807) is 45.9 Å². The molecule has 0 radical (unpaired) electrons. The maximum Gasteiger partial charge on any atom is 0.340 e. The zero-order chi connectivity index (χ0) is 19.7. The largest absolute Gasteiger partial charge is 0.465 e. The first kappa shape index (κ1) is 18.5. The van der Waals surface area contributed by atoms with Crippen LogP contribution >= 0.6 is 0 Å². The second-order valence-electron chi connectivity index (χ2n) is 6.29. The lowest BCUT2D eigenvalue weighted by Gasteiger charge is -2.18. The fourth-order valence-electron chi connectivity index (χ4n) is 3.00. The number of esters is 2. The molecular formula is C19H19N3O5. The zero-order valence-electron chi connectivity index (χ0n) is 15.7. The highest BCUT2D eigenvalue weighted by Gasteiger charge is 2.29. The molecule has 0 N–H and O–H groups in total. The Labute approximate surface area is 155 Å². The number of hydrogen-bond donors (Lipinski definition) is 0. The first-order valence-electron chi connectivity index (χ1n) is 8.37. The molecule has 27 heavy (non-hydrogen) atoms. The van der Waals surface area contributed by atoms with Crippen LogP contribution in [0.5, 0.6) is 0 Å². The molecule has 3 aromatic rings. The van der Waals surface area contributed by atoms with Crippen molar-refractivity contribution in [2.45, 2.75) is 33.8 Å². The maximum atomic E-state index is 12.8. The van der Waals surface area contributed by atoms with Crippen LogP contribution in [-0.2, 0) is 9.47 Å². The molecule has 0 fully saturated rings. The Morgan fingerprint density at radius 3 is 2.33 bits per heavy atom. The highest BCUT2D eigenvalue weighted by atomic mass is 16.6. The predicted molar refractivity (Wildman–Crippen MR) is 96.4 cm³/mol. The fourth-order valence-corrected chi connectivity index (χ4v) is 3.00. The number of nitrogens with zero attached hydrogens (tertiary/aromatic N) is 3. The number of fused-ring (bicyclic) bond motifs is 1. The summed E-state index contributed by atoms with van der Waals surface area (Å²) in [5, 5.41) is 7.76. The van der Waals surface area contributed by atoms with Crippen LogP contribution in [0.15, 0.2) is 22.8 Å². The molecule has 140 valence electrons. The van der Waals surface area contributed by atoms with E-state index in [4.69, 9.17) is 14.1 Å². The molecule has 0 aliphatic carbocycles. The summed E-state index contributed by atoms with van der Waals surface area (Å²) >= 11 is 0. The third kappa shape index (κ3) is 3.25. The molecular weight excluding hydrogens is 350 g/mol. The summed E-state index contributed by atoms with van der Waals surface area (Å²) in [5.74, 6) is -1.19. The van der Waals surface area contributed by atoms with Crippen molar-refractivity contribution >= 4 is 23.0 Å². The summed E-state index contributed by atoms with van der Waals surface area (Å²) in [4.78, 5) is 29.7. The van der Waals surface area contributed by atoms with Crippen molar-refractivity contribution in [2.24, 2.45) is 0 Å². The normalized spacial score (nSPS) is 11.0. The maximum absolute atomic E-state index is 12.8. The first-order valence-corrected chi connectivity index (χ1v) is 8.37. The van der Waals surface area contributed by atoms with Crippen LogP contribution in [0, 0.1) is 13.8 Å². The average Bonchev–Trinajstić information content (AvgIpc) is 3.08. The van der Waals surface area contributed by atoms with Gasteiger partial charge in [0.25, 0.3) is 0 Å². The van der Waals surface area contributed by atoms with Gasteiger partial charge in [0.1, 0.15) is 11.0 Å². The molecule has 0 spiro atoms. The van der Waals surface area contributed by atoms with E-state index in [2.05, 4.69) is 15.3 Å². The van der Waals surface area contributed by atoms with Crippen LogP contribution in [0.3, 0.4) is 0 Å². The summed E-state index contributed by atoms with van der Waals surface area (Å²) in [5.41, 5.74) is 3.01. The molecule has 0 unspecified atom stereocenters. The molecule has 0 atom stereocenters. The van der Waals surface area contributed by atoms with E-state index in [0.717, 1.165) is 0 Å². The van der Waals surface area contributed by atoms with E-state index in [0.29, 0.717) is 33.5 Å². The van der Waals surface area contributed by atoms with Crippen LogP contribution in [0.25, 0.3) is 22.2 Å². The van der Waals surface area contributed by atoms with Gasteiger partial charge in [0, 0.05) is 11.1 Å². The van der Waals surface area contributed by atoms with Gasteiger partial charge in [-0.1, -0.05) is 12.1 Å². The molecule has 0 saturated carbocycles. The molecule has 0 aliphatic heterocycles. The number of hydrogen-bond acceptors (Lipinski definition) is 8. The quantitative estimate of drug-likeness (QED) is 0.645. The third-order valence-corrected chi connectivity index (χ3v) is 4.05. The van der Waals surface area contributed by atoms with Crippen molar-refractivity contribution in [1.29, 1.82) is 0 Å². The summed E-state index contributed by atoms with van der Waals surface area (Å²) in [6.45, 7) is 6.87. The lowest BCUT2D eigenvalue weighted by Crippen LogP contribution is -2.19. The molecule has 0 aliphatic rings. The molecule has 3 rings (SSSR count). The summed E-state index contributed by atoms with van der Waals surface area (Å²) in [6.07, 6.45) is -0.336. The van der Waals surface area contributed by atoms with Gasteiger partial charge >= 0.3 is 11.9 Å². The van der Waals surface area contributed by atoms with E-state index in [9.17, 15) is 9.59 Å². The van der Waals surface area contributed by atoms with Gasteiger partial charge in [-0.2, -0.15) is 0 Å². The van der Waals surface area contributed by atoms with Crippen LogP contribution < -0.4 is 0 Å². The Morgan fingerprint density at radius 1 is 1.04 bits per heavy atom. The number of carbonyl (C=O) groups excluding carboxylic acids is 2. The Hall–Kier alpha value is -3.29. The number of aryl methyl sites for hydroxylation is 2. The molecule has 1 aromatic carbocycles. The van der Waals surface area contributed by atoms with E-state index in [-0.39, 0.29) is 17.2 Å². The van der Waals surface area contributed by atoms with Gasteiger partial charge in [0.15, 0.2) is 0 Å². The number of ether oxygens (including phenoxy) is 2. The van der Waals surface area contributed by atoms with Crippen molar-refractivity contribution in [1.82, 2.24) is 15.3 Å². The summed E-state index contributed by atoms with van der Waals surface area (Å²) < 4.78 is 15.2. The molecule has 2 aromatic heterocycles. The van der Waals surface area contributed by atoms with Gasteiger partial charge in [0.05, 0.1) is 35.7 Å². The smallest absolute Gasteiger partial charge is 0.340 e. The number of pyridine rings is 1. The minimum atomic E-state index is -0.609. The van der Waals surface area contributed by atoms with Gasteiger partial charge in [-0.15, -0.1) is 0 Å². The number of rotatable bonds is 4.